The molecule has 0 fully saturated rings. The Labute approximate surface area is 92.3 Å². The second-order valence-corrected chi connectivity index (χ2v) is 3.63. The standard InChI is InChI=1S/C11H9ClN2O/c1-14-6-9(5-13-14)11-8(7-15)3-2-4-10(11)12/h2-7H,1H3. The monoisotopic (exact) mass is 220 g/mol. The summed E-state index contributed by atoms with van der Waals surface area (Å²) in [5.74, 6) is 0. The predicted molar refractivity (Wildman–Crippen MR) is 59.0 cm³/mol. The molecule has 0 saturated heterocycles. The lowest BCUT2D eigenvalue weighted by molar-refractivity contribution is 0.112. The van der Waals surface area contributed by atoms with E-state index in [9.17, 15) is 4.79 Å². The highest BCUT2D eigenvalue weighted by Gasteiger charge is 2.10. The van der Waals surface area contributed by atoms with Crippen LogP contribution in [0.2, 0.25) is 5.02 Å². The fraction of sp³-hybridized carbons (Fsp3) is 0.0909. The van der Waals surface area contributed by atoms with Gasteiger partial charge in [0.2, 0.25) is 0 Å². The third-order valence-corrected chi connectivity index (χ3v) is 2.48. The molecule has 0 amide bonds. The van der Waals surface area contributed by atoms with Crippen LogP contribution < -0.4 is 0 Å². The molecule has 15 heavy (non-hydrogen) atoms. The largest absolute Gasteiger partial charge is 0.298 e. The van der Waals surface area contributed by atoms with Gasteiger partial charge < -0.3 is 0 Å². The van der Waals surface area contributed by atoms with Gasteiger partial charge in [-0.25, -0.2) is 0 Å². The van der Waals surface area contributed by atoms with Crippen LogP contribution >= 0.6 is 11.6 Å². The Hall–Kier alpha value is -1.61. The fourth-order valence-electron chi connectivity index (χ4n) is 1.49. The molecule has 0 unspecified atom stereocenters. The van der Waals surface area contributed by atoms with Gasteiger partial charge in [0.05, 0.1) is 6.20 Å². The Morgan fingerprint density at radius 1 is 1.47 bits per heavy atom. The van der Waals surface area contributed by atoms with Crippen LogP contribution in [0.5, 0.6) is 0 Å². The van der Waals surface area contributed by atoms with Crippen LogP contribution in [-0.4, -0.2) is 16.1 Å². The number of nitrogens with zero attached hydrogens (tertiary/aromatic N) is 2. The molecule has 76 valence electrons. The van der Waals surface area contributed by atoms with Gasteiger partial charge in [0.15, 0.2) is 6.29 Å². The maximum absolute atomic E-state index is 10.9. The van der Waals surface area contributed by atoms with Gasteiger partial charge in [-0.05, 0) is 6.07 Å². The summed E-state index contributed by atoms with van der Waals surface area (Å²) in [6, 6.07) is 5.25. The van der Waals surface area contributed by atoms with Gasteiger partial charge in [-0.2, -0.15) is 5.10 Å². The zero-order valence-corrected chi connectivity index (χ0v) is 8.90. The van der Waals surface area contributed by atoms with E-state index in [0.717, 1.165) is 17.4 Å². The summed E-state index contributed by atoms with van der Waals surface area (Å²) in [6.07, 6.45) is 4.32. The first kappa shape index (κ1) is 9.93. The predicted octanol–water partition coefficient (Wildman–Crippen LogP) is 2.55. The summed E-state index contributed by atoms with van der Waals surface area (Å²) in [4.78, 5) is 10.9. The molecule has 0 aliphatic heterocycles. The van der Waals surface area contributed by atoms with Crippen LogP contribution in [0.4, 0.5) is 0 Å². The summed E-state index contributed by atoms with van der Waals surface area (Å²) < 4.78 is 1.67. The number of carbonyl (C=O) groups is 1. The van der Waals surface area contributed by atoms with E-state index in [1.54, 1.807) is 29.1 Å². The van der Waals surface area contributed by atoms with E-state index in [-0.39, 0.29) is 0 Å². The Morgan fingerprint density at radius 3 is 2.87 bits per heavy atom. The van der Waals surface area contributed by atoms with E-state index in [4.69, 9.17) is 11.6 Å². The van der Waals surface area contributed by atoms with Gasteiger partial charge in [0, 0.05) is 35.0 Å². The molecule has 2 rings (SSSR count). The number of hydrogen-bond acceptors (Lipinski definition) is 2. The molecule has 3 nitrogen and oxygen atoms in total. The lowest BCUT2D eigenvalue weighted by Gasteiger charge is -2.03. The van der Waals surface area contributed by atoms with E-state index in [2.05, 4.69) is 5.10 Å². The van der Waals surface area contributed by atoms with Crippen LogP contribution in [0, 0.1) is 0 Å². The summed E-state index contributed by atoms with van der Waals surface area (Å²) in [6.45, 7) is 0. The van der Waals surface area contributed by atoms with Gasteiger partial charge in [-0.3, -0.25) is 9.48 Å². The number of benzene rings is 1. The minimum atomic E-state index is 0.563. The molecule has 0 atom stereocenters. The maximum Gasteiger partial charge on any atom is 0.150 e. The Kier molecular flexibility index (Phi) is 2.56. The normalized spacial score (nSPS) is 10.3. The van der Waals surface area contributed by atoms with Crippen molar-refractivity contribution in [3.8, 4) is 11.1 Å². The quantitative estimate of drug-likeness (QED) is 0.729. The molecule has 0 spiro atoms. The van der Waals surface area contributed by atoms with Crippen molar-refractivity contribution in [1.29, 1.82) is 0 Å². The molecule has 0 N–H and O–H groups in total. The Morgan fingerprint density at radius 2 is 2.27 bits per heavy atom. The van der Waals surface area contributed by atoms with Crippen LogP contribution in [-0.2, 0) is 7.05 Å². The zero-order chi connectivity index (χ0) is 10.8. The Bertz CT molecular complexity index is 505. The molecular formula is C11H9ClN2O. The molecule has 0 radical (unpaired) electrons. The number of carbonyl (C=O) groups excluding carboxylic acids is 1. The summed E-state index contributed by atoms with van der Waals surface area (Å²) in [5.41, 5.74) is 2.17. The third kappa shape index (κ3) is 1.78. The first-order chi connectivity index (χ1) is 7.22. The summed E-state index contributed by atoms with van der Waals surface area (Å²) >= 11 is 6.06. The van der Waals surface area contributed by atoms with Crippen molar-refractivity contribution in [3.05, 3.63) is 41.2 Å². The second kappa shape index (κ2) is 3.87. The van der Waals surface area contributed by atoms with E-state index < -0.39 is 0 Å². The van der Waals surface area contributed by atoms with Gasteiger partial charge in [0.1, 0.15) is 0 Å². The van der Waals surface area contributed by atoms with Gasteiger partial charge in [-0.15, -0.1) is 0 Å². The first-order valence-electron chi connectivity index (χ1n) is 4.45. The van der Waals surface area contributed by atoms with Crippen LogP contribution in [0.1, 0.15) is 10.4 Å². The van der Waals surface area contributed by atoms with Gasteiger partial charge >= 0.3 is 0 Å². The zero-order valence-electron chi connectivity index (χ0n) is 8.14. The molecule has 0 saturated carbocycles. The van der Waals surface area contributed by atoms with Crippen LogP contribution in [0.15, 0.2) is 30.6 Å². The number of hydrogen-bond donors (Lipinski definition) is 0. The van der Waals surface area contributed by atoms with Crippen molar-refractivity contribution in [2.75, 3.05) is 0 Å². The minimum absolute atomic E-state index is 0.563. The molecular weight excluding hydrogens is 212 g/mol. The van der Waals surface area contributed by atoms with E-state index >= 15 is 0 Å². The molecule has 1 aromatic heterocycles. The van der Waals surface area contributed by atoms with Gasteiger partial charge in [-0.1, -0.05) is 23.7 Å². The van der Waals surface area contributed by atoms with E-state index in [1.165, 1.54) is 0 Å². The van der Waals surface area contributed by atoms with E-state index in [1.807, 2.05) is 13.2 Å². The number of halogens is 1. The smallest absolute Gasteiger partial charge is 0.150 e. The third-order valence-electron chi connectivity index (χ3n) is 2.17. The SMILES string of the molecule is Cn1cc(-c2c(Cl)cccc2C=O)cn1. The number of rotatable bonds is 2. The highest BCUT2D eigenvalue weighted by atomic mass is 35.5. The van der Waals surface area contributed by atoms with Crippen LogP contribution in [0.25, 0.3) is 11.1 Å². The topological polar surface area (TPSA) is 34.9 Å². The highest BCUT2D eigenvalue weighted by Crippen LogP contribution is 2.29. The lowest BCUT2D eigenvalue weighted by atomic mass is 10.0. The Balaban J connectivity index is 2.65. The van der Waals surface area contributed by atoms with Crippen molar-refractivity contribution < 1.29 is 4.79 Å². The second-order valence-electron chi connectivity index (χ2n) is 3.22. The highest BCUT2D eigenvalue weighted by molar-refractivity contribution is 6.34. The van der Waals surface area contributed by atoms with Gasteiger partial charge in [0.25, 0.3) is 0 Å². The molecule has 1 aromatic carbocycles. The molecule has 0 aliphatic carbocycles. The van der Waals surface area contributed by atoms with Crippen molar-refractivity contribution >= 4 is 17.9 Å². The summed E-state index contributed by atoms with van der Waals surface area (Å²) in [5, 5.41) is 4.61. The molecule has 2 aromatic rings. The fourth-order valence-corrected chi connectivity index (χ4v) is 1.78. The lowest BCUT2D eigenvalue weighted by Crippen LogP contribution is -1.88. The molecule has 0 aliphatic rings. The number of aryl methyl sites for hydroxylation is 1. The average Bonchev–Trinajstić information content (AvgIpc) is 2.64. The summed E-state index contributed by atoms with van der Waals surface area (Å²) in [7, 11) is 1.82. The minimum Gasteiger partial charge on any atom is -0.298 e. The van der Waals surface area contributed by atoms with Crippen molar-refractivity contribution in [2.24, 2.45) is 7.05 Å². The number of aldehydes is 1. The number of aromatic nitrogens is 2. The van der Waals surface area contributed by atoms with Crippen molar-refractivity contribution in [3.63, 3.8) is 0 Å². The maximum atomic E-state index is 10.9. The van der Waals surface area contributed by atoms with Crippen molar-refractivity contribution in [1.82, 2.24) is 9.78 Å². The molecule has 1 heterocycles. The average molecular weight is 221 g/mol. The first-order valence-corrected chi connectivity index (χ1v) is 4.83. The van der Waals surface area contributed by atoms with E-state index in [0.29, 0.717) is 10.6 Å². The van der Waals surface area contributed by atoms with Crippen LogP contribution in [0.3, 0.4) is 0 Å². The van der Waals surface area contributed by atoms with Crippen molar-refractivity contribution in [2.45, 2.75) is 0 Å². The molecule has 4 heteroatoms. The molecule has 0 bridgehead atoms.